The van der Waals surface area contributed by atoms with Crippen LogP contribution in [0.25, 0.3) is 22.3 Å². The van der Waals surface area contributed by atoms with E-state index in [1.54, 1.807) is 0 Å². The van der Waals surface area contributed by atoms with Crippen LogP contribution in [0.4, 0.5) is 0 Å². The third kappa shape index (κ3) is 8.96. The summed E-state index contributed by atoms with van der Waals surface area (Å²) in [7, 11) is 0. The van der Waals surface area contributed by atoms with Gasteiger partial charge in [-0.3, -0.25) is 4.79 Å². The minimum Gasteiger partial charge on any atom is -0.508 e. The van der Waals surface area contributed by atoms with Crippen molar-refractivity contribution in [2.75, 3.05) is 6.61 Å². The molecule has 3 aromatic rings. The Morgan fingerprint density at radius 3 is 1.70 bits per heavy atom. The Balaban J connectivity index is 1.24. The highest BCUT2D eigenvalue weighted by Crippen LogP contribution is 2.37. The normalized spacial score (nSPS) is 42.0. The van der Waals surface area contributed by atoms with Gasteiger partial charge >= 0.3 is 0 Å². The van der Waals surface area contributed by atoms with Gasteiger partial charge in [-0.2, -0.15) is 0 Å². The van der Waals surface area contributed by atoms with Gasteiger partial charge in [0.25, 0.3) is 0 Å². The molecule has 22 nitrogen and oxygen atoms in total. The average Bonchev–Trinajstić information content (AvgIpc) is 3.24. The molecule has 20 unspecified atom stereocenters. The Labute approximate surface area is 345 Å². The van der Waals surface area contributed by atoms with Gasteiger partial charge in [-0.15, -0.1) is 0 Å². The molecule has 12 N–H and O–H groups in total. The van der Waals surface area contributed by atoms with Crippen LogP contribution in [0.2, 0.25) is 0 Å². The van der Waals surface area contributed by atoms with Gasteiger partial charge in [0.2, 0.25) is 23.8 Å². The van der Waals surface area contributed by atoms with Gasteiger partial charge in [-0.05, 0) is 57.2 Å². The van der Waals surface area contributed by atoms with Crippen LogP contribution in [0.1, 0.15) is 20.8 Å². The number of rotatable bonds is 10. The second kappa shape index (κ2) is 18.2. The zero-order valence-electron chi connectivity index (χ0n) is 32.7. The van der Waals surface area contributed by atoms with Gasteiger partial charge < -0.3 is 104 Å². The predicted molar refractivity (Wildman–Crippen MR) is 199 cm³/mol. The fourth-order valence-corrected chi connectivity index (χ4v) is 7.40. The largest absolute Gasteiger partial charge is 0.508 e. The molecule has 0 saturated carbocycles. The van der Waals surface area contributed by atoms with E-state index >= 15 is 0 Å². The van der Waals surface area contributed by atoms with E-state index in [1.165, 1.54) is 63.2 Å². The highest BCUT2D eigenvalue weighted by atomic mass is 16.8. The van der Waals surface area contributed by atoms with Gasteiger partial charge in [0, 0.05) is 11.6 Å². The van der Waals surface area contributed by atoms with E-state index in [4.69, 9.17) is 42.3 Å². The first-order chi connectivity index (χ1) is 28.9. The van der Waals surface area contributed by atoms with Crippen molar-refractivity contribution in [2.45, 2.75) is 144 Å². The lowest BCUT2D eigenvalue weighted by molar-refractivity contribution is -0.360. The number of fused-ring (bicyclic) bond motifs is 1. The first-order valence-corrected chi connectivity index (χ1v) is 19.5. The topological polar surface area (TPSA) is 347 Å². The number of phenolic OH excluding ortho intramolecular Hbond substituents is 1. The first-order valence-electron chi connectivity index (χ1n) is 19.5. The summed E-state index contributed by atoms with van der Waals surface area (Å²) < 4.78 is 52.3. The summed E-state index contributed by atoms with van der Waals surface area (Å²) in [5, 5.41) is 126. The summed E-state index contributed by atoms with van der Waals surface area (Å²) in [5.74, 6) is -1.01. The first kappa shape index (κ1) is 45.4. The van der Waals surface area contributed by atoms with E-state index in [2.05, 4.69) is 0 Å². The molecule has 0 radical (unpaired) electrons. The van der Waals surface area contributed by atoms with Crippen molar-refractivity contribution in [1.82, 2.24) is 0 Å². The lowest BCUT2D eigenvalue weighted by Gasteiger charge is -2.46. The van der Waals surface area contributed by atoms with Crippen LogP contribution in [0.15, 0.2) is 51.7 Å². The predicted octanol–water partition coefficient (Wildman–Crippen LogP) is -3.75. The molecule has 22 heteroatoms. The Hall–Kier alpha value is -3.63. The van der Waals surface area contributed by atoms with Crippen molar-refractivity contribution in [3.8, 4) is 28.6 Å². The highest BCUT2D eigenvalue weighted by Gasteiger charge is 2.52. The van der Waals surface area contributed by atoms with Crippen molar-refractivity contribution in [1.29, 1.82) is 0 Å². The number of aliphatic hydroxyl groups is 11. The van der Waals surface area contributed by atoms with Crippen LogP contribution in [0, 0.1) is 0 Å². The minimum atomic E-state index is -2.00. The summed E-state index contributed by atoms with van der Waals surface area (Å²) >= 11 is 0. The van der Waals surface area contributed by atoms with Crippen LogP contribution in [-0.4, -0.2) is 191 Å². The van der Waals surface area contributed by atoms with Gasteiger partial charge in [0.1, 0.15) is 90.3 Å². The van der Waals surface area contributed by atoms with Crippen molar-refractivity contribution < 1.29 is 104 Å². The number of phenols is 1. The Morgan fingerprint density at radius 2 is 1.10 bits per heavy atom. The molecular formula is C39H50O22. The van der Waals surface area contributed by atoms with Gasteiger partial charge in [0.15, 0.2) is 24.4 Å². The number of aromatic hydroxyl groups is 1. The minimum absolute atomic E-state index is 0.000837. The van der Waals surface area contributed by atoms with Crippen molar-refractivity contribution in [2.24, 2.45) is 0 Å². The third-order valence-corrected chi connectivity index (χ3v) is 11.2. The summed E-state index contributed by atoms with van der Waals surface area (Å²) in [6.07, 6.45) is -31.8. The Kier molecular flexibility index (Phi) is 13.6. The molecule has 338 valence electrons. The Morgan fingerprint density at radius 1 is 0.557 bits per heavy atom. The van der Waals surface area contributed by atoms with Crippen LogP contribution in [0.5, 0.6) is 17.2 Å². The number of benzene rings is 2. The van der Waals surface area contributed by atoms with Crippen molar-refractivity contribution in [3.05, 3.63) is 52.7 Å². The van der Waals surface area contributed by atoms with Gasteiger partial charge in [-0.25, -0.2) is 0 Å². The molecule has 0 bridgehead atoms. The monoisotopic (exact) mass is 870 g/mol. The van der Waals surface area contributed by atoms with Crippen LogP contribution in [-0.2, 0) is 28.4 Å². The van der Waals surface area contributed by atoms with E-state index in [9.17, 15) is 66.1 Å². The molecule has 4 fully saturated rings. The van der Waals surface area contributed by atoms with Gasteiger partial charge in [0.05, 0.1) is 30.3 Å². The highest BCUT2D eigenvalue weighted by molar-refractivity contribution is 5.83. The SMILES string of the molecule is CC1OC(OCC2OC(Oc3c(-c4ccc(O)cc4)oc4cc(OC5OC(C)C(O)C(O)C5O)ccc4c3=O)C(OC3OC(C)C(O)C(O)C3O)C(O)C2O)C(O)C(O)C1O. The number of hydrogen-bond donors (Lipinski definition) is 12. The third-order valence-electron chi connectivity index (χ3n) is 11.2. The van der Waals surface area contributed by atoms with Crippen LogP contribution < -0.4 is 14.9 Å². The molecule has 2 aromatic carbocycles. The summed E-state index contributed by atoms with van der Waals surface area (Å²) in [4.78, 5) is 14.4. The lowest BCUT2D eigenvalue weighted by atomic mass is 9.97. The average molecular weight is 871 g/mol. The van der Waals surface area contributed by atoms with E-state index in [0.29, 0.717) is 0 Å². The molecule has 20 atom stereocenters. The molecule has 61 heavy (non-hydrogen) atoms. The molecule has 4 saturated heterocycles. The fourth-order valence-electron chi connectivity index (χ4n) is 7.40. The summed E-state index contributed by atoms with van der Waals surface area (Å²) in [6, 6.07) is 9.19. The number of hydrogen-bond acceptors (Lipinski definition) is 22. The zero-order chi connectivity index (χ0) is 44.2. The molecule has 0 amide bonds. The second-order valence-corrected chi connectivity index (χ2v) is 15.5. The Bertz CT molecular complexity index is 2010. The smallest absolute Gasteiger partial charge is 0.235 e. The summed E-state index contributed by atoms with van der Waals surface area (Å²) in [5.41, 5.74) is -0.808. The maximum atomic E-state index is 14.4. The molecule has 4 aliphatic heterocycles. The molecule has 4 aliphatic rings. The van der Waals surface area contributed by atoms with Gasteiger partial charge in [-0.1, -0.05) is 0 Å². The van der Waals surface area contributed by atoms with Crippen LogP contribution >= 0.6 is 0 Å². The van der Waals surface area contributed by atoms with Crippen molar-refractivity contribution in [3.63, 3.8) is 0 Å². The second-order valence-electron chi connectivity index (χ2n) is 15.5. The maximum absolute atomic E-state index is 14.4. The molecular weight excluding hydrogens is 820 g/mol. The molecule has 7 rings (SSSR count). The lowest BCUT2D eigenvalue weighted by Crippen LogP contribution is -2.65. The summed E-state index contributed by atoms with van der Waals surface area (Å²) in [6.45, 7) is 3.59. The fraction of sp³-hybridized carbons (Fsp3) is 0.615. The number of ether oxygens (including phenoxy) is 8. The molecule has 5 heterocycles. The quantitative estimate of drug-likeness (QED) is 0.0931. The van der Waals surface area contributed by atoms with E-state index in [0.717, 1.165) is 0 Å². The van der Waals surface area contributed by atoms with E-state index in [1.807, 2.05) is 0 Å². The number of aliphatic hydroxyl groups excluding tert-OH is 11. The molecule has 0 aliphatic carbocycles. The standard InChI is InChI=1S/C39H50O22/c1-12-21(41)26(46)30(50)36(54-12)53-11-20-25(45)29(49)35(61-38-32(52)28(48)23(43)14(3)56-38)39(59-20)60-34-24(44)18-9-8-17(57-37-31(51)27(47)22(42)13(2)55-37)10-19(18)58-33(34)15-4-6-16(40)7-5-15/h4-10,12-14,20-23,25-32,35-43,45-52H,11H2,1-3H3. The molecule has 0 spiro atoms. The molecule has 1 aromatic heterocycles. The van der Waals surface area contributed by atoms with E-state index in [-0.39, 0.29) is 33.8 Å². The maximum Gasteiger partial charge on any atom is 0.235 e. The van der Waals surface area contributed by atoms with Crippen molar-refractivity contribution >= 4 is 11.0 Å². The zero-order valence-corrected chi connectivity index (χ0v) is 32.7. The van der Waals surface area contributed by atoms with E-state index < -0.39 is 141 Å². The van der Waals surface area contributed by atoms with Crippen LogP contribution in [0.3, 0.4) is 0 Å².